The number of aryl methyl sites for hydroxylation is 1. The van der Waals surface area contributed by atoms with Crippen LogP contribution in [0.15, 0.2) is 30.3 Å². The van der Waals surface area contributed by atoms with Crippen LogP contribution in [0.5, 0.6) is 0 Å². The number of ketones is 1. The van der Waals surface area contributed by atoms with Crippen LogP contribution in [-0.4, -0.2) is 47.8 Å². The highest BCUT2D eigenvalue weighted by Gasteiger charge is 2.28. The summed E-state index contributed by atoms with van der Waals surface area (Å²) in [6, 6.07) is 10.5. The van der Waals surface area contributed by atoms with Gasteiger partial charge in [0.05, 0.1) is 26.2 Å². The molecule has 25 heavy (non-hydrogen) atoms. The highest BCUT2D eigenvalue weighted by molar-refractivity contribution is 6.02. The number of aromatic amines is 1. The zero-order valence-electron chi connectivity index (χ0n) is 15.2. The van der Waals surface area contributed by atoms with Crippen molar-refractivity contribution >= 4 is 11.7 Å². The van der Waals surface area contributed by atoms with E-state index in [0.717, 1.165) is 44.0 Å². The topological polar surface area (TPSA) is 57.6 Å². The first kappa shape index (κ1) is 17.4. The van der Waals surface area contributed by atoms with Gasteiger partial charge in [0.2, 0.25) is 0 Å². The van der Waals surface area contributed by atoms with Gasteiger partial charge < -0.3 is 14.8 Å². The van der Waals surface area contributed by atoms with Crippen LogP contribution in [0.1, 0.15) is 44.6 Å². The van der Waals surface area contributed by atoms with E-state index in [-0.39, 0.29) is 11.7 Å². The molecule has 2 aromatic rings. The Bertz CT molecular complexity index is 772. The Morgan fingerprint density at radius 2 is 1.76 bits per heavy atom. The van der Waals surface area contributed by atoms with Crippen molar-refractivity contribution < 1.29 is 14.5 Å². The normalized spacial score (nSPS) is 15.4. The Balaban J connectivity index is 1.64. The van der Waals surface area contributed by atoms with Gasteiger partial charge in [-0.1, -0.05) is 30.3 Å². The Labute approximate surface area is 148 Å². The lowest BCUT2D eigenvalue weighted by Crippen LogP contribution is -3.13. The first-order valence-electron chi connectivity index (χ1n) is 8.84. The van der Waals surface area contributed by atoms with Crippen LogP contribution in [0.4, 0.5) is 0 Å². The SMILES string of the molecule is CC(=O)c1c(C)[nH]c(C(=O)N2CC[NH+](Cc3ccccc3)CC2)c1C. The molecule has 2 N–H and O–H groups in total. The number of carbonyl (C=O) groups excluding carboxylic acids is 2. The number of aromatic nitrogens is 1. The van der Waals surface area contributed by atoms with Crippen LogP contribution in [0.3, 0.4) is 0 Å². The lowest BCUT2D eigenvalue weighted by Gasteiger charge is -2.32. The maximum Gasteiger partial charge on any atom is 0.270 e. The predicted octanol–water partition coefficient (Wildman–Crippen LogP) is 1.38. The molecule has 0 radical (unpaired) electrons. The van der Waals surface area contributed by atoms with Crippen molar-refractivity contribution in [3.63, 3.8) is 0 Å². The molecule has 5 nitrogen and oxygen atoms in total. The fraction of sp³-hybridized carbons (Fsp3) is 0.400. The molecule has 0 atom stereocenters. The number of rotatable bonds is 4. The van der Waals surface area contributed by atoms with E-state index in [1.54, 1.807) is 6.92 Å². The van der Waals surface area contributed by atoms with Crippen LogP contribution in [0, 0.1) is 13.8 Å². The number of hydrogen-bond acceptors (Lipinski definition) is 2. The molecule has 1 fully saturated rings. The molecule has 0 saturated carbocycles. The van der Waals surface area contributed by atoms with Gasteiger partial charge in [-0.3, -0.25) is 9.59 Å². The summed E-state index contributed by atoms with van der Waals surface area (Å²) in [5.74, 6) is 0.00860. The van der Waals surface area contributed by atoms with E-state index in [0.29, 0.717) is 11.3 Å². The fourth-order valence-corrected chi connectivity index (χ4v) is 3.74. The van der Waals surface area contributed by atoms with E-state index >= 15 is 0 Å². The maximum absolute atomic E-state index is 12.8. The van der Waals surface area contributed by atoms with Gasteiger partial charge in [-0.15, -0.1) is 0 Å². The number of hydrogen-bond donors (Lipinski definition) is 2. The van der Waals surface area contributed by atoms with E-state index in [4.69, 9.17) is 0 Å². The van der Waals surface area contributed by atoms with Crippen molar-refractivity contribution in [2.45, 2.75) is 27.3 Å². The van der Waals surface area contributed by atoms with Crippen molar-refractivity contribution in [2.75, 3.05) is 26.2 Å². The molecule has 2 heterocycles. The number of carbonyl (C=O) groups is 2. The highest BCUT2D eigenvalue weighted by atomic mass is 16.2. The number of nitrogens with one attached hydrogen (secondary N) is 2. The summed E-state index contributed by atoms with van der Waals surface area (Å²) in [4.78, 5) is 31.1. The third kappa shape index (κ3) is 3.66. The fourth-order valence-electron chi connectivity index (χ4n) is 3.74. The van der Waals surface area contributed by atoms with Crippen LogP contribution >= 0.6 is 0 Å². The summed E-state index contributed by atoms with van der Waals surface area (Å²) in [6.45, 7) is 9.62. The van der Waals surface area contributed by atoms with Gasteiger partial charge in [0.15, 0.2) is 5.78 Å². The molecule has 0 unspecified atom stereocenters. The van der Waals surface area contributed by atoms with E-state index in [9.17, 15) is 9.59 Å². The largest absolute Gasteiger partial charge is 0.354 e. The van der Waals surface area contributed by atoms with Gasteiger partial charge >= 0.3 is 0 Å². The number of benzene rings is 1. The van der Waals surface area contributed by atoms with Gasteiger partial charge in [0.25, 0.3) is 5.91 Å². The van der Waals surface area contributed by atoms with E-state index in [2.05, 4.69) is 29.2 Å². The van der Waals surface area contributed by atoms with E-state index in [1.165, 1.54) is 10.5 Å². The van der Waals surface area contributed by atoms with E-state index in [1.807, 2.05) is 24.8 Å². The summed E-state index contributed by atoms with van der Waals surface area (Å²) in [5, 5.41) is 0. The molecule has 5 heteroatoms. The number of piperazine rings is 1. The van der Waals surface area contributed by atoms with Crippen molar-refractivity contribution in [3.05, 3.63) is 58.4 Å². The van der Waals surface area contributed by atoms with E-state index < -0.39 is 0 Å². The summed E-state index contributed by atoms with van der Waals surface area (Å²) in [7, 11) is 0. The number of amides is 1. The Hall–Kier alpha value is -2.40. The molecular formula is C20H26N3O2+. The highest BCUT2D eigenvalue weighted by Crippen LogP contribution is 2.20. The summed E-state index contributed by atoms with van der Waals surface area (Å²) in [6.07, 6.45) is 0. The number of quaternary nitrogens is 1. The second-order valence-corrected chi connectivity index (χ2v) is 6.89. The molecule has 3 rings (SSSR count). The van der Waals surface area contributed by atoms with Gasteiger partial charge in [-0.05, 0) is 26.3 Å². The first-order valence-corrected chi connectivity index (χ1v) is 8.84. The number of H-pyrrole nitrogens is 1. The monoisotopic (exact) mass is 340 g/mol. The van der Waals surface area contributed by atoms with Crippen LogP contribution in [0.25, 0.3) is 0 Å². The zero-order chi connectivity index (χ0) is 18.0. The van der Waals surface area contributed by atoms with Crippen LogP contribution < -0.4 is 4.90 Å². The standard InChI is InChI=1S/C20H25N3O2/c1-14-18(16(3)24)15(2)21-19(14)20(25)23-11-9-22(10-12-23)13-17-7-5-4-6-8-17/h4-8,21H,9-13H2,1-3H3/p+1. The number of nitrogens with zero attached hydrogens (tertiary/aromatic N) is 1. The third-order valence-electron chi connectivity index (χ3n) is 5.06. The molecule has 132 valence electrons. The van der Waals surface area contributed by atoms with Crippen molar-refractivity contribution in [3.8, 4) is 0 Å². The van der Waals surface area contributed by atoms with Crippen molar-refractivity contribution in [1.29, 1.82) is 0 Å². The van der Waals surface area contributed by atoms with Crippen LogP contribution in [0.2, 0.25) is 0 Å². The quantitative estimate of drug-likeness (QED) is 0.826. The minimum atomic E-state index is 0.00225. The lowest BCUT2D eigenvalue weighted by molar-refractivity contribution is -0.917. The minimum Gasteiger partial charge on any atom is -0.354 e. The summed E-state index contributed by atoms with van der Waals surface area (Å²) in [5.41, 5.74) is 4.10. The van der Waals surface area contributed by atoms with Gasteiger partial charge in [0, 0.05) is 16.8 Å². The molecule has 1 amide bonds. The van der Waals surface area contributed by atoms with Gasteiger partial charge in [-0.25, -0.2) is 0 Å². The van der Waals surface area contributed by atoms with Gasteiger partial charge in [-0.2, -0.15) is 0 Å². The average Bonchev–Trinajstić information content (AvgIpc) is 2.90. The lowest BCUT2D eigenvalue weighted by atomic mass is 10.1. The molecule has 1 aliphatic rings. The predicted molar refractivity (Wildman–Crippen MR) is 97.0 cm³/mol. The molecular weight excluding hydrogens is 314 g/mol. The molecule has 1 aliphatic heterocycles. The first-order chi connectivity index (χ1) is 12.0. The van der Waals surface area contributed by atoms with Crippen LogP contribution in [-0.2, 0) is 6.54 Å². The molecule has 0 spiro atoms. The smallest absolute Gasteiger partial charge is 0.270 e. The maximum atomic E-state index is 12.8. The Morgan fingerprint density at radius 1 is 1.12 bits per heavy atom. The summed E-state index contributed by atoms with van der Waals surface area (Å²) >= 11 is 0. The minimum absolute atomic E-state index is 0.00225. The summed E-state index contributed by atoms with van der Waals surface area (Å²) < 4.78 is 0. The van der Waals surface area contributed by atoms with Crippen molar-refractivity contribution in [2.24, 2.45) is 0 Å². The second kappa shape index (κ2) is 7.23. The second-order valence-electron chi connectivity index (χ2n) is 6.89. The Morgan fingerprint density at radius 3 is 2.32 bits per heavy atom. The molecule has 1 saturated heterocycles. The molecule has 0 aliphatic carbocycles. The average molecular weight is 340 g/mol. The van der Waals surface area contributed by atoms with Crippen molar-refractivity contribution in [1.82, 2.24) is 9.88 Å². The Kier molecular flexibility index (Phi) is 5.04. The molecule has 1 aromatic heterocycles. The number of Topliss-reactive ketones (excluding diaryl/α,β-unsaturated/α-hetero) is 1. The molecule has 1 aromatic carbocycles. The van der Waals surface area contributed by atoms with Gasteiger partial charge in [0.1, 0.15) is 12.2 Å². The zero-order valence-corrected chi connectivity index (χ0v) is 15.2. The molecule has 0 bridgehead atoms. The third-order valence-corrected chi connectivity index (χ3v) is 5.06.